The van der Waals surface area contributed by atoms with Gasteiger partial charge in [0.15, 0.2) is 0 Å². The Hall–Kier alpha value is -2.86. The zero-order valence-electron chi connectivity index (χ0n) is 15.8. The van der Waals surface area contributed by atoms with Crippen molar-refractivity contribution in [1.82, 2.24) is 15.0 Å². The topological polar surface area (TPSA) is 57.2 Å². The molecule has 6 nitrogen and oxygen atoms in total. The van der Waals surface area contributed by atoms with Crippen LogP contribution in [0.1, 0.15) is 11.3 Å². The predicted octanol–water partition coefficient (Wildman–Crippen LogP) is 3.77. The van der Waals surface area contributed by atoms with Crippen LogP contribution in [0.25, 0.3) is 0 Å². The first kappa shape index (κ1) is 18.5. The van der Waals surface area contributed by atoms with Gasteiger partial charge in [-0.15, -0.1) is 0 Å². The van der Waals surface area contributed by atoms with Crippen LogP contribution in [0.4, 0.5) is 17.5 Å². The highest BCUT2D eigenvalue weighted by Crippen LogP contribution is 2.22. The Balaban J connectivity index is 1.41. The smallest absolute Gasteiger partial charge is 0.227 e. The number of aryl methyl sites for hydroxylation is 1. The van der Waals surface area contributed by atoms with Crippen LogP contribution in [0.2, 0.25) is 5.02 Å². The van der Waals surface area contributed by atoms with Crippen molar-refractivity contribution >= 4 is 29.1 Å². The molecule has 28 heavy (non-hydrogen) atoms. The molecule has 0 unspecified atom stereocenters. The standard InChI is InChI=1S/C21H23ClN6/c1-16-12-20(24-15-17-4-3-7-23-14-17)26-21(25-16)28-10-8-27(9-11-28)19-6-2-5-18(22)13-19/h2-7,12-14H,8-11,15H2,1H3,(H,24,25,26). The molecule has 1 saturated heterocycles. The summed E-state index contributed by atoms with van der Waals surface area (Å²) in [7, 11) is 0. The molecular formula is C21H23ClN6. The molecule has 7 heteroatoms. The largest absolute Gasteiger partial charge is 0.368 e. The van der Waals surface area contributed by atoms with Crippen LogP contribution in [-0.4, -0.2) is 41.1 Å². The Morgan fingerprint density at radius 1 is 1.00 bits per heavy atom. The minimum absolute atomic E-state index is 0.687. The second-order valence-corrected chi connectivity index (χ2v) is 7.30. The molecule has 1 N–H and O–H groups in total. The zero-order chi connectivity index (χ0) is 19.3. The number of hydrogen-bond acceptors (Lipinski definition) is 6. The van der Waals surface area contributed by atoms with Crippen molar-refractivity contribution in [3.63, 3.8) is 0 Å². The van der Waals surface area contributed by atoms with Gasteiger partial charge in [0.05, 0.1) is 0 Å². The van der Waals surface area contributed by atoms with E-state index in [0.717, 1.165) is 59.9 Å². The molecule has 0 saturated carbocycles. The molecule has 1 fully saturated rings. The fourth-order valence-electron chi connectivity index (χ4n) is 3.32. The van der Waals surface area contributed by atoms with Crippen molar-refractivity contribution in [3.8, 4) is 0 Å². The average molecular weight is 395 g/mol. The van der Waals surface area contributed by atoms with Crippen LogP contribution in [0.3, 0.4) is 0 Å². The summed E-state index contributed by atoms with van der Waals surface area (Å²) in [5.74, 6) is 1.61. The number of nitrogens with zero attached hydrogens (tertiary/aromatic N) is 5. The summed E-state index contributed by atoms with van der Waals surface area (Å²) < 4.78 is 0. The van der Waals surface area contributed by atoms with Crippen molar-refractivity contribution in [3.05, 3.63) is 71.1 Å². The Labute approximate surface area is 170 Å². The quantitative estimate of drug-likeness (QED) is 0.710. The van der Waals surface area contributed by atoms with E-state index in [-0.39, 0.29) is 0 Å². The predicted molar refractivity (Wildman–Crippen MR) is 114 cm³/mol. The summed E-state index contributed by atoms with van der Waals surface area (Å²) >= 11 is 6.13. The second kappa shape index (κ2) is 8.44. The van der Waals surface area contributed by atoms with E-state index in [1.54, 1.807) is 6.20 Å². The summed E-state index contributed by atoms with van der Waals surface area (Å²) in [5.41, 5.74) is 3.24. The first-order chi connectivity index (χ1) is 13.7. The van der Waals surface area contributed by atoms with E-state index in [9.17, 15) is 0 Å². The molecule has 3 aromatic rings. The van der Waals surface area contributed by atoms with Gasteiger partial charge >= 0.3 is 0 Å². The van der Waals surface area contributed by atoms with Crippen molar-refractivity contribution < 1.29 is 0 Å². The third-order valence-corrected chi connectivity index (χ3v) is 5.01. The highest BCUT2D eigenvalue weighted by molar-refractivity contribution is 6.30. The van der Waals surface area contributed by atoms with Crippen LogP contribution < -0.4 is 15.1 Å². The summed E-state index contributed by atoms with van der Waals surface area (Å²) in [6.45, 7) is 6.26. The van der Waals surface area contributed by atoms with E-state index in [4.69, 9.17) is 16.6 Å². The van der Waals surface area contributed by atoms with Crippen LogP contribution in [0.15, 0.2) is 54.9 Å². The molecule has 2 aromatic heterocycles. The highest BCUT2D eigenvalue weighted by Gasteiger charge is 2.20. The minimum atomic E-state index is 0.687. The Morgan fingerprint density at radius 3 is 2.57 bits per heavy atom. The third-order valence-electron chi connectivity index (χ3n) is 4.77. The van der Waals surface area contributed by atoms with Gasteiger partial charge in [0.2, 0.25) is 5.95 Å². The summed E-state index contributed by atoms with van der Waals surface area (Å²) in [6, 6.07) is 14.0. The lowest BCUT2D eigenvalue weighted by Gasteiger charge is -2.36. The van der Waals surface area contributed by atoms with Crippen molar-refractivity contribution in [2.45, 2.75) is 13.5 Å². The third kappa shape index (κ3) is 4.51. The van der Waals surface area contributed by atoms with Gasteiger partial charge in [0.25, 0.3) is 0 Å². The number of piperazine rings is 1. The van der Waals surface area contributed by atoms with Crippen LogP contribution in [0, 0.1) is 6.92 Å². The molecule has 144 valence electrons. The number of nitrogens with one attached hydrogen (secondary N) is 1. The van der Waals surface area contributed by atoms with Gasteiger partial charge in [-0.25, -0.2) is 4.98 Å². The van der Waals surface area contributed by atoms with E-state index in [1.807, 2.05) is 49.5 Å². The van der Waals surface area contributed by atoms with Crippen molar-refractivity contribution in [2.24, 2.45) is 0 Å². The summed E-state index contributed by atoms with van der Waals surface area (Å²) in [5, 5.41) is 4.15. The van der Waals surface area contributed by atoms with Gasteiger partial charge < -0.3 is 15.1 Å². The Bertz CT molecular complexity index is 925. The van der Waals surface area contributed by atoms with Gasteiger partial charge in [-0.2, -0.15) is 4.98 Å². The van der Waals surface area contributed by atoms with E-state index < -0.39 is 0 Å². The van der Waals surface area contributed by atoms with Gasteiger partial charge in [0.1, 0.15) is 5.82 Å². The number of aromatic nitrogens is 3. The number of benzene rings is 1. The van der Waals surface area contributed by atoms with E-state index in [0.29, 0.717) is 6.54 Å². The van der Waals surface area contributed by atoms with Crippen LogP contribution >= 0.6 is 11.6 Å². The first-order valence-corrected chi connectivity index (χ1v) is 9.79. The maximum Gasteiger partial charge on any atom is 0.227 e. The molecule has 0 spiro atoms. The van der Waals surface area contributed by atoms with Crippen LogP contribution in [-0.2, 0) is 6.54 Å². The van der Waals surface area contributed by atoms with Gasteiger partial charge in [-0.1, -0.05) is 23.7 Å². The minimum Gasteiger partial charge on any atom is -0.368 e. The summed E-state index contributed by atoms with van der Waals surface area (Å²) in [4.78, 5) is 18.1. The average Bonchev–Trinajstić information content (AvgIpc) is 2.73. The molecule has 0 atom stereocenters. The molecule has 0 amide bonds. The van der Waals surface area contributed by atoms with Gasteiger partial charge in [0, 0.05) is 67.6 Å². The Kier molecular flexibility index (Phi) is 5.58. The number of hydrogen-bond donors (Lipinski definition) is 1. The molecule has 0 aliphatic carbocycles. The maximum absolute atomic E-state index is 6.13. The monoisotopic (exact) mass is 394 g/mol. The van der Waals surface area contributed by atoms with Gasteiger partial charge in [-0.3, -0.25) is 4.98 Å². The number of pyridine rings is 1. The molecule has 0 bridgehead atoms. The van der Waals surface area contributed by atoms with E-state index in [1.165, 1.54) is 0 Å². The van der Waals surface area contributed by atoms with Crippen molar-refractivity contribution in [1.29, 1.82) is 0 Å². The number of anilines is 3. The van der Waals surface area contributed by atoms with Crippen LogP contribution in [0.5, 0.6) is 0 Å². The molecule has 0 radical (unpaired) electrons. The van der Waals surface area contributed by atoms with E-state index >= 15 is 0 Å². The molecule has 4 rings (SSSR count). The molecule has 3 heterocycles. The highest BCUT2D eigenvalue weighted by atomic mass is 35.5. The SMILES string of the molecule is Cc1cc(NCc2cccnc2)nc(N2CCN(c3cccc(Cl)c3)CC2)n1. The fourth-order valence-corrected chi connectivity index (χ4v) is 3.50. The van der Waals surface area contributed by atoms with E-state index in [2.05, 4.69) is 31.2 Å². The first-order valence-electron chi connectivity index (χ1n) is 9.41. The Morgan fingerprint density at radius 2 is 1.82 bits per heavy atom. The van der Waals surface area contributed by atoms with Crippen molar-refractivity contribution in [2.75, 3.05) is 41.3 Å². The number of rotatable bonds is 5. The second-order valence-electron chi connectivity index (χ2n) is 6.86. The molecule has 1 aliphatic rings. The lowest BCUT2D eigenvalue weighted by molar-refractivity contribution is 0.639. The summed E-state index contributed by atoms with van der Waals surface area (Å²) in [6.07, 6.45) is 3.64. The zero-order valence-corrected chi connectivity index (χ0v) is 16.6. The molecule has 1 aliphatic heterocycles. The number of halogens is 1. The molecular weight excluding hydrogens is 372 g/mol. The lowest BCUT2D eigenvalue weighted by atomic mass is 10.2. The lowest BCUT2D eigenvalue weighted by Crippen LogP contribution is -2.47. The van der Waals surface area contributed by atoms with Gasteiger partial charge in [-0.05, 0) is 36.8 Å². The molecule has 1 aromatic carbocycles. The fraction of sp³-hybridized carbons (Fsp3) is 0.286. The normalized spacial score (nSPS) is 14.2. The maximum atomic E-state index is 6.13.